The molecule has 0 fully saturated rings. The molecule has 0 saturated carbocycles. The number of halogens is 1. The summed E-state index contributed by atoms with van der Waals surface area (Å²) in [5.41, 5.74) is 0.864. The van der Waals surface area contributed by atoms with Gasteiger partial charge < -0.3 is 24.5 Å². The third-order valence-corrected chi connectivity index (χ3v) is 12.0. The summed E-state index contributed by atoms with van der Waals surface area (Å²) in [5, 5.41) is 7.24. The van der Waals surface area contributed by atoms with Gasteiger partial charge in [-0.3, -0.25) is 4.98 Å². The number of aromatic nitrogens is 3. The zero-order chi connectivity index (χ0) is 28.8. The number of nitrogens with zero attached hydrogens (tertiary/aromatic N) is 3. The second-order valence-electron chi connectivity index (χ2n) is 11.8. The van der Waals surface area contributed by atoms with E-state index in [-0.39, 0.29) is 5.04 Å². The van der Waals surface area contributed by atoms with Crippen molar-refractivity contribution in [3.05, 3.63) is 42.0 Å². The molecule has 0 unspecified atom stereocenters. The van der Waals surface area contributed by atoms with E-state index in [9.17, 15) is 0 Å². The Bertz CT molecular complexity index is 1270. The van der Waals surface area contributed by atoms with Crippen LogP contribution < -0.4 is 20.1 Å². The van der Waals surface area contributed by atoms with Gasteiger partial charge in [0.1, 0.15) is 17.3 Å². The number of rotatable bonds is 13. The topological polar surface area (TPSA) is 90.4 Å². The van der Waals surface area contributed by atoms with Crippen molar-refractivity contribution in [1.29, 1.82) is 0 Å². The molecule has 10 heteroatoms. The summed E-state index contributed by atoms with van der Waals surface area (Å²) in [4.78, 5) is 13.3. The minimum absolute atomic E-state index is 0.0810. The SMILES string of the molecule is CCCC[C@](C)(CO[Si](C)(C)C(C)(C)C)Nc1nc(NCc2ccc(OC)cc2OC)nc2cncc(F)c12. The molecular weight excluding hydrogens is 513 g/mol. The van der Waals surface area contributed by atoms with E-state index in [4.69, 9.17) is 18.9 Å². The summed E-state index contributed by atoms with van der Waals surface area (Å²) in [6.45, 7) is 16.4. The molecule has 0 amide bonds. The van der Waals surface area contributed by atoms with Gasteiger partial charge in [0.15, 0.2) is 14.1 Å². The van der Waals surface area contributed by atoms with Crippen molar-refractivity contribution in [3.8, 4) is 11.5 Å². The van der Waals surface area contributed by atoms with Gasteiger partial charge in [-0.25, -0.2) is 9.37 Å². The molecule has 1 atom stereocenters. The van der Waals surface area contributed by atoms with Gasteiger partial charge in [0.05, 0.1) is 49.7 Å². The molecule has 0 saturated heterocycles. The highest BCUT2D eigenvalue weighted by molar-refractivity contribution is 6.74. The van der Waals surface area contributed by atoms with Crippen LogP contribution >= 0.6 is 0 Å². The quantitative estimate of drug-likeness (QED) is 0.214. The fourth-order valence-electron chi connectivity index (χ4n) is 3.97. The van der Waals surface area contributed by atoms with E-state index in [0.717, 1.165) is 24.8 Å². The minimum Gasteiger partial charge on any atom is -0.497 e. The van der Waals surface area contributed by atoms with E-state index in [1.54, 1.807) is 20.4 Å². The highest BCUT2D eigenvalue weighted by atomic mass is 28.4. The van der Waals surface area contributed by atoms with E-state index in [2.05, 4.69) is 68.3 Å². The highest BCUT2D eigenvalue weighted by Gasteiger charge is 2.39. The molecule has 2 heterocycles. The predicted molar refractivity (Wildman–Crippen MR) is 159 cm³/mol. The Hall–Kier alpha value is -2.98. The Balaban J connectivity index is 1.95. The molecule has 0 radical (unpaired) electrons. The second-order valence-corrected chi connectivity index (χ2v) is 16.6. The van der Waals surface area contributed by atoms with Crippen LogP contribution in [0.15, 0.2) is 30.6 Å². The number of anilines is 2. The first-order valence-electron chi connectivity index (χ1n) is 13.5. The van der Waals surface area contributed by atoms with Crippen LogP contribution in [-0.4, -0.2) is 49.6 Å². The Morgan fingerprint density at radius 3 is 2.41 bits per heavy atom. The van der Waals surface area contributed by atoms with Crippen molar-refractivity contribution >= 4 is 31.0 Å². The van der Waals surface area contributed by atoms with Gasteiger partial charge in [0, 0.05) is 18.2 Å². The standard InChI is InChI=1S/C29H44FN5O3Si/c1-10-11-14-29(5,19-38-39(8,9)28(2,3)4)35-26-25-22(30)17-31-18-23(25)33-27(34-26)32-16-20-12-13-21(36-6)15-24(20)37-7/h12-13,15,17-18H,10-11,14,16,19H2,1-9H3,(H2,32,33,34,35)/t29-/m1/s1. The van der Waals surface area contributed by atoms with Crippen LogP contribution in [0.1, 0.15) is 59.4 Å². The third kappa shape index (κ3) is 7.57. The first kappa shape index (κ1) is 30.6. The fraction of sp³-hybridized carbons (Fsp3) is 0.552. The van der Waals surface area contributed by atoms with Gasteiger partial charge in [-0.05, 0) is 43.6 Å². The van der Waals surface area contributed by atoms with E-state index in [1.807, 2.05) is 18.2 Å². The van der Waals surface area contributed by atoms with Gasteiger partial charge in [-0.2, -0.15) is 4.98 Å². The zero-order valence-corrected chi connectivity index (χ0v) is 25.9. The Kier molecular flexibility index (Phi) is 9.77. The van der Waals surface area contributed by atoms with E-state index in [1.165, 1.54) is 6.20 Å². The van der Waals surface area contributed by atoms with Gasteiger partial charge in [-0.15, -0.1) is 0 Å². The van der Waals surface area contributed by atoms with Crippen LogP contribution in [0.2, 0.25) is 18.1 Å². The molecule has 214 valence electrons. The smallest absolute Gasteiger partial charge is 0.225 e. The van der Waals surface area contributed by atoms with Crippen LogP contribution in [0, 0.1) is 5.82 Å². The van der Waals surface area contributed by atoms with Gasteiger partial charge >= 0.3 is 0 Å². The minimum atomic E-state index is -2.00. The fourth-order valence-corrected chi connectivity index (χ4v) is 5.08. The molecule has 39 heavy (non-hydrogen) atoms. The van der Waals surface area contributed by atoms with Crippen molar-refractivity contribution in [2.75, 3.05) is 31.5 Å². The first-order chi connectivity index (χ1) is 18.3. The Morgan fingerprint density at radius 1 is 1.03 bits per heavy atom. The average Bonchev–Trinajstić information content (AvgIpc) is 2.89. The summed E-state index contributed by atoms with van der Waals surface area (Å²) >= 11 is 0. The summed E-state index contributed by atoms with van der Waals surface area (Å²) in [5.74, 6) is 1.70. The van der Waals surface area contributed by atoms with Crippen LogP contribution in [0.5, 0.6) is 11.5 Å². The van der Waals surface area contributed by atoms with E-state index in [0.29, 0.717) is 47.3 Å². The lowest BCUT2D eigenvalue weighted by molar-refractivity contribution is 0.214. The monoisotopic (exact) mass is 557 g/mol. The molecule has 2 N–H and O–H groups in total. The zero-order valence-electron chi connectivity index (χ0n) is 24.9. The average molecular weight is 558 g/mol. The number of pyridine rings is 1. The van der Waals surface area contributed by atoms with Crippen molar-refractivity contribution in [2.45, 2.75) is 84.1 Å². The first-order valence-corrected chi connectivity index (χ1v) is 16.4. The molecule has 0 spiro atoms. The summed E-state index contributed by atoms with van der Waals surface area (Å²) in [6.07, 6.45) is 5.64. The molecule has 0 aliphatic heterocycles. The van der Waals surface area contributed by atoms with Crippen LogP contribution in [0.3, 0.4) is 0 Å². The molecule has 1 aromatic carbocycles. The third-order valence-electron chi connectivity index (χ3n) is 7.55. The largest absolute Gasteiger partial charge is 0.497 e. The number of hydrogen-bond acceptors (Lipinski definition) is 8. The van der Waals surface area contributed by atoms with Crippen molar-refractivity contribution in [2.24, 2.45) is 0 Å². The van der Waals surface area contributed by atoms with Crippen LogP contribution in [-0.2, 0) is 11.0 Å². The number of ether oxygens (including phenoxy) is 2. The van der Waals surface area contributed by atoms with Gasteiger partial charge in [-0.1, -0.05) is 40.5 Å². The molecule has 0 aliphatic rings. The summed E-state index contributed by atoms with van der Waals surface area (Å²) in [7, 11) is 1.23. The normalized spacial score (nSPS) is 13.7. The number of benzene rings is 1. The number of methoxy groups -OCH3 is 2. The van der Waals surface area contributed by atoms with Crippen molar-refractivity contribution in [1.82, 2.24) is 15.0 Å². The molecule has 3 aromatic rings. The molecular formula is C29H44FN5O3Si. The van der Waals surface area contributed by atoms with Crippen LogP contribution in [0.25, 0.3) is 10.9 Å². The number of fused-ring (bicyclic) bond motifs is 1. The maximum absolute atomic E-state index is 15.1. The van der Waals surface area contributed by atoms with Crippen molar-refractivity contribution in [3.63, 3.8) is 0 Å². The summed E-state index contributed by atoms with van der Waals surface area (Å²) < 4.78 is 32.6. The molecule has 0 aliphatic carbocycles. The molecule has 8 nitrogen and oxygen atoms in total. The number of unbranched alkanes of at least 4 members (excludes halogenated alkanes) is 1. The highest BCUT2D eigenvalue weighted by Crippen LogP contribution is 2.38. The van der Waals surface area contributed by atoms with Crippen molar-refractivity contribution < 1.29 is 18.3 Å². The molecule has 3 rings (SSSR count). The Labute approximate surface area is 233 Å². The number of nitrogens with one attached hydrogen (secondary N) is 2. The van der Waals surface area contributed by atoms with Gasteiger partial charge in [0.2, 0.25) is 5.95 Å². The lowest BCUT2D eigenvalue weighted by Gasteiger charge is -2.40. The predicted octanol–water partition coefficient (Wildman–Crippen LogP) is 7.18. The van der Waals surface area contributed by atoms with E-state index < -0.39 is 19.7 Å². The Morgan fingerprint density at radius 2 is 1.77 bits per heavy atom. The second kappa shape index (κ2) is 12.5. The maximum Gasteiger partial charge on any atom is 0.225 e. The number of hydrogen-bond donors (Lipinski definition) is 2. The summed E-state index contributed by atoms with van der Waals surface area (Å²) in [6, 6.07) is 5.62. The van der Waals surface area contributed by atoms with Gasteiger partial charge in [0.25, 0.3) is 0 Å². The lowest BCUT2D eigenvalue weighted by Crippen LogP contribution is -2.48. The van der Waals surface area contributed by atoms with E-state index >= 15 is 4.39 Å². The maximum atomic E-state index is 15.1. The molecule has 0 bridgehead atoms. The molecule has 2 aromatic heterocycles. The lowest BCUT2D eigenvalue weighted by atomic mass is 9.95. The van der Waals surface area contributed by atoms with Crippen LogP contribution in [0.4, 0.5) is 16.2 Å².